The van der Waals surface area contributed by atoms with Crippen molar-refractivity contribution in [2.75, 3.05) is 19.4 Å². The van der Waals surface area contributed by atoms with E-state index >= 15 is 0 Å². The van der Waals surface area contributed by atoms with Gasteiger partial charge in [0.2, 0.25) is 0 Å². The first-order chi connectivity index (χ1) is 15.2. The highest BCUT2D eigenvalue weighted by Crippen LogP contribution is 2.39. The highest BCUT2D eigenvalue weighted by Gasteiger charge is 2.28. The number of benzene rings is 2. The first kappa shape index (κ1) is 21.8. The number of rotatable bonds is 7. The number of carbonyl (C=O) groups excluding carboxylic acids is 1. The van der Waals surface area contributed by atoms with Crippen molar-refractivity contribution in [2.45, 2.75) is 31.3 Å². The number of hydrogen-bond donors (Lipinski definition) is 0. The number of fused-ring (bicyclic) bond motifs is 1. The molecular formula is C25H26N2O2S2. The van der Waals surface area contributed by atoms with Crippen molar-refractivity contribution in [1.29, 1.82) is 0 Å². The summed E-state index contributed by atoms with van der Waals surface area (Å²) >= 11 is 3.33. The average molecular weight is 451 g/mol. The molecule has 0 fully saturated rings. The van der Waals surface area contributed by atoms with Crippen LogP contribution in [0, 0.1) is 0 Å². The zero-order valence-corrected chi connectivity index (χ0v) is 19.5. The molecular weight excluding hydrogens is 424 g/mol. The summed E-state index contributed by atoms with van der Waals surface area (Å²) < 4.78 is 5.38. The molecule has 0 unspecified atom stereocenters. The van der Waals surface area contributed by atoms with Gasteiger partial charge < -0.3 is 4.74 Å². The monoisotopic (exact) mass is 450 g/mol. The molecule has 0 amide bonds. The topological polar surface area (TPSA) is 41.9 Å². The molecule has 160 valence electrons. The summed E-state index contributed by atoms with van der Waals surface area (Å²) in [6, 6.07) is 18.8. The van der Waals surface area contributed by atoms with Crippen LogP contribution in [-0.2, 0) is 24.2 Å². The molecule has 3 aromatic rings. The molecule has 6 heteroatoms. The number of carbonyl (C=O) groups is 1. The van der Waals surface area contributed by atoms with Gasteiger partial charge in [-0.25, -0.2) is 9.79 Å². The predicted octanol–water partition coefficient (Wildman–Crippen LogP) is 5.96. The maximum Gasteiger partial charge on any atom is 0.341 e. The third-order valence-electron chi connectivity index (χ3n) is 5.29. The van der Waals surface area contributed by atoms with Gasteiger partial charge in [0, 0.05) is 35.6 Å². The lowest BCUT2D eigenvalue weighted by atomic mass is 10.0. The summed E-state index contributed by atoms with van der Waals surface area (Å²) in [7, 11) is 0. The molecule has 0 radical (unpaired) electrons. The van der Waals surface area contributed by atoms with Crippen molar-refractivity contribution >= 4 is 40.3 Å². The van der Waals surface area contributed by atoms with E-state index in [0.29, 0.717) is 12.2 Å². The Kier molecular flexibility index (Phi) is 7.22. The Hall–Kier alpha value is -2.41. The van der Waals surface area contributed by atoms with E-state index in [4.69, 9.17) is 9.73 Å². The van der Waals surface area contributed by atoms with E-state index < -0.39 is 0 Å². The van der Waals surface area contributed by atoms with Gasteiger partial charge in [0.15, 0.2) is 0 Å². The maximum atomic E-state index is 12.8. The fourth-order valence-electron chi connectivity index (χ4n) is 3.75. The molecule has 2 heterocycles. The molecule has 0 aliphatic carbocycles. The largest absolute Gasteiger partial charge is 0.462 e. The maximum absolute atomic E-state index is 12.8. The van der Waals surface area contributed by atoms with Crippen LogP contribution >= 0.6 is 23.1 Å². The van der Waals surface area contributed by atoms with Crippen molar-refractivity contribution in [3.05, 3.63) is 81.7 Å². The first-order valence-corrected chi connectivity index (χ1v) is 12.5. The second kappa shape index (κ2) is 10.3. The Labute approximate surface area is 192 Å². The van der Waals surface area contributed by atoms with Gasteiger partial charge in [-0.2, -0.15) is 0 Å². The number of hydrogen-bond acceptors (Lipinski definition) is 6. The van der Waals surface area contributed by atoms with Crippen LogP contribution in [0.2, 0.25) is 0 Å². The minimum absolute atomic E-state index is 0.263. The van der Waals surface area contributed by atoms with Crippen LogP contribution in [-0.4, -0.2) is 36.5 Å². The summed E-state index contributed by atoms with van der Waals surface area (Å²) in [5.41, 5.74) is 4.08. The summed E-state index contributed by atoms with van der Waals surface area (Å²) in [4.78, 5) is 22.3. The minimum Gasteiger partial charge on any atom is -0.462 e. The molecule has 0 N–H and O–H groups in total. The normalized spacial score (nSPS) is 14.0. The molecule has 1 aromatic heterocycles. The average Bonchev–Trinajstić information content (AvgIpc) is 3.16. The Morgan fingerprint density at radius 3 is 2.68 bits per heavy atom. The number of thiophene rings is 1. The van der Waals surface area contributed by atoms with Gasteiger partial charge >= 0.3 is 5.97 Å². The first-order valence-electron chi connectivity index (χ1n) is 10.4. The lowest BCUT2D eigenvalue weighted by Gasteiger charge is -2.27. The van der Waals surface area contributed by atoms with Gasteiger partial charge in [-0.05, 0) is 48.4 Å². The summed E-state index contributed by atoms with van der Waals surface area (Å²) in [5.74, 6) is -0.263. The van der Waals surface area contributed by atoms with Crippen molar-refractivity contribution in [3.8, 4) is 0 Å². The summed E-state index contributed by atoms with van der Waals surface area (Å²) in [6.45, 7) is 4.87. The standard InChI is InChI=1S/C25H26N2O2S2/c1-3-29-25(28)23-21-13-14-27(16-19-7-5-4-6-8-19)17-22(21)31-24(23)26-15-18-9-11-20(30-2)12-10-18/h4-12,15H,3,13-14,16-17H2,1-2H3. The molecule has 2 aromatic carbocycles. The van der Waals surface area contributed by atoms with Gasteiger partial charge in [-0.15, -0.1) is 23.1 Å². The van der Waals surface area contributed by atoms with Crippen molar-refractivity contribution in [1.82, 2.24) is 4.90 Å². The lowest BCUT2D eigenvalue weighted by molar-refractivity contribution is 0.0526. The van der Waals surface area contributed by atoms with Crippen LogP contribution in [0.3, 0.4) is 0 Å². The second-order valence-corrected chi connectivity index (χ2v) is 9.35. The van der Waals surface area contributed by atoms with Crippen LogP contribution < -0.4 is 0 Å². The quantitative estimate of drug-likeness (QED) is 0.253. The Morgan fingerprint density at radius 2 is 1.97 bits per heavy atom. The molecule has 1 aliphatic heterocycles. The van der Waals surface area contributed by atoms with E-state index in [9.17, 15) is 4.79 Å². The van der Waals surface area contributed by atoms with Crippen LogP contribution in [0.5, 0.6) is 0 Å². The van der Waals surface area contributed by atoms with E-state index in [1.807, 2.05) is 19.2 Å². The van der Waals surface area contributed by atoms with Crippen LogP contribution in [0.1, 0.15) is 38.8 Å². The number of nitrogens with zero attached hydrogens (tertiary/aromatic N) is 2. The summed E-state index contributed by atoms with van der Waals surface area (Å²) in [6.07, 6.45) is 4.74. The number of thioether (sulfide) groups is 1. The molecule has 1 aliphatic rings. The molecule has 0 atom stereocenters. The van der Waals surface area contributed by atoms with E-state index in [2.05, 4.69) is 59.7 Å². The van der Waals surface area contributed by atoms with Gasteiger partial charge in [-0.1, -0.05) is 42.5 Å². The van der Waals surface area contributed by atoms with Crippen LogP contribution in [0.15, 0.2) is 64.5 Å². The Balaban J connectivity index is 1.59. The van der Waals surface area contributed by atoms with Crippen molar-refractivity contribution in [3.63, 3.8) is 0 Å². The lowest BCUT2D eigenvalue weighted by Crippen LogP contribution is -2.29. The number of ether oxygens (including phenoxy) is 1. The molecule has 31 heavy (non-hydrogen) atoms. The van der Waals surface area contributed by atoms with Crippen LogP contribution in [0.4, 0.5) is 5.00 Å². The van der Waals surface area contributed by atoms with Gasteiger partial charge in [0.05, 0.1) is 12.2 Å². The molecule has 0 saturated carbocycles. The molecule has 0 saturated heterocycles. The highest BCUT2D eigenvalue weighted by molar-refractivity contribution is 7.98. The Morgan fingerprint density at radius 1 is 1.19 bits per heavy atom. The Bertz CT molecular complexity index is 1060. The molecule has 0 bridgehead atoms. The molecule has 0 spiro atoms. The van der Waals surface area contributed by atoms with Gasteiger partial charge in [-0.3, -0.25) is 4.90 Å². The highest BCUT2D eigenvalue weighted by atomic mass is 32.2. The number of aliphatic imine (C=N–C) groups is 1. The van der Waals surface area contributed by atoms with Gasteiger partial charge in [0.1, 0.15) is 5.00 Å². The third kappa shape index (κ3) is 5.26. The van der Waals surface area contributed by atoms with Gasteiger partial charge in [0.25, 0.3) is 0 Å². The van der Waals surface area contributed by atoms with E-state index in [1.165, 1.54) is 15.3 Å². The zero-order valence-electron chi connectivity index (χ0n) is 17.8. The van der Waals surface area contributed by atoms with Crippen molar-refractivity contribution in [2.24, 2.45) is 4.99 Å². The number of esters is 1. The van der Waals surface area contributed by atoms with E-state index in [0.717, 1.165) is 42.2 Å². The molecule has 4 nitrogen and oxygen atoms in total. The minimum atomic E-state index is -0.263. The second-order valence-electron chi connectivity index (χ2n) is 7.38. The molecule has 4 rings (SSSR count). The fourth-order valence-corrected chi connectivity index (χ4v) is 5.38. The summed E-state index contributed by atoms with van der Waals surface area (Å²) in [5, 5.41) is 0.749. The van der Waals surface area contributed by atoms with E-state index in [1.54, 1.807) is 23.1 Å². The van der Waals surface area contributed by atoms with Crippen molar-refractivity contribution < 1.29 is 9.53 Å². The zero-order chi connectivity index (χ0) is 21.6. The fraction of sp³-hybridized carbons (Fsp3) is 0.280. The predicted molar refractivity (Wildman–Crippen MR) is 130 cm³/mol. The third-order valence-corrected chi connectivity index (χ3v) is 7.16. The SMILES string of the molecule is CCOC(=O)c1c(N=Cc2ccc(SC)cc2)sc2c1CCN(Cc1ccccc1)C2. The smallest absolute Gasteiger partial charge is 0.341 e. The van der Waals surface area contributed by atoms with E-state index in [-0.39, 0.29) is 5.97 Å². The van der Waals surface area contributed by atoms with Crippen LogP contribution in [0.25, 0.3) is 0 Å².